The first-order chi connectivity index (χ1) is 9.11. The van der Waals surface area contributed by atoms with Crippen LogP contribution in [0.5, 0.6) is 0 Å². The first-order valence-corrected chi connectivity index (χ1v) is 6.85. The number of aryl methyl sites for hydroxylation is 1. The predicted molar refractivity (Wildman–Crippen MR) is 75.6 cm³/mol. The summed E-state index contributed by atoms with van der Waals surface area (Å²) in [5, 5.41) is 15.4. The molecule has 0 aliphatic carbocycles. The molecule has 1 aromatic heterocycles. The van der Waals surface area contributed by atoms with E-state index in [1.807, 2.05) is 6.92 Å². The van der Waals surface area contributed by atoms with Crippen LogP contribution in [0.15, 0.2) is 24.5 Å². The van der Waals surface area contributed by atoms with Crippen molar-refractivity contribution in [3.8, 4) is 0 Å². The molecule has 1 aromatic carbocycles. The van der Waals surface area contributed by atoms with Crippen LogP contribution >= 0.6 is 23.2 Å². The number of halogens is 2. The highest BCUT2D eigenvalue weighted by molar-refractivity contribution is 6.35. The molecule has 0 fully saturated rings. The Bertz CT molecular complexity index is 536. The maximum Gasteiger partial charge on any atom is 0.138 e. The molecule has 102 valence electrons. The highest BCUT2D eigenvalue weighted by atomic mass is 35.5. The summed E-state index contributed by atoms with van der Waals surface area (Å²) in [7, 11) is 0. The second-order valence-corrected chi connectivity index (χ2v) is 5.07. The van der Waals surface area contributed by atoms with Crippen molar-refractivity contribution in [3.63, 3.8) is 0 Å². The van der Waals surface area contributed by atoms with Gasteiger partial charge in [0.2, 0.25) is 0 Å². The Labute approximate surface area is 122 Å². The Morgan fingerprint density at radius 3 is 2.58 bits per heavy atom. The number of hydrogen-bond donors (Lipinski definition) is 1. The van der Waals surface area contributed by atoms with E-state index in [9.17, 15) is 5.11 Å². The van der Waals surface area contributed by atoms with Gasteiger partial charge in [-0.05, 0) is 24.6 Å². The molecule has 2 aromatic rings. The quantitative estimate of drug-likeness (QED) is 0.923. The lowest BCUT2D eigenvalue weighted by molar-refractivity contribution is 0.171. The van der Waals surface area contributed by atoms with Crippen LogP contribution in [0.25, 0.3) is 0 Å². The van der Waals surface area contributed by atoms with Crippen LogP contribution in [-0.2, 0) is 19.4 Å². The zero-order valence-corrected chi connectivity index (χ0v) is 12.1. The van der Waals surface area contributed by atoms with Gasteiger partial charge in [-0.2, -0.15) is 5.10 Å². The summed E-state index contributed by atoms with van der Waals surface area (Å²) < 4.78 is 1.76. The fourth-order valence-electron chi connectivity index (χ4n) is 1.96. The SMILES string of the molecule is CCn1ncnc1CC(O)Cc1c(Cl)cccc1Cl. The molecule has 0 bridgehead atoms. The number of aromatic nitrogens is 3. The highest BCUT2D eigenvalue weighted by Crippen LogP contribution is 2.25. The van der Waals surface area contributed by atoms with Crippen LogP contribution in [0.1, 0.15) is 18.3 Å². The molecule has 1 unspecified atom stereocenters. The number of benzene rings is 1. The van der Waals surface area contributed by atoms with Crippen molar-refractivity contribution in [2.45, 2.75) is 32.4 Å². The molecule has 6 heteroatoms. The number of nitrogens with zero attached hydrogens (tertiary/aromatic N) is 3. The van der Waals surface area contributed by atoms with E-state index in [0.29, 0.717) is 22.9 Å². The van der Waals surface area contributed by atoms with Crippen molar-refractivity contribution < 1.29 is 5.11 Å². The molecule has 0 amide bonds. The molecule has 1 heterocycles. The van der Waals surface area contributed by atoms with E-state index in [1.54, 1.807) is 22.9 Å². The Morgan fingerprint density at radius 1 is 1.26 bits per heavy atom. The molecule has 1 N–H and O–H groups in total. The third-order valence-electron chi connectivity index (χ3n) is 2.91. The lowest BCUT2D eigenvalue weighted by atomic mass is 10.1. The van der Waals surface area contributed by atoms with Gasteiger partial charge in [-0.25, -0.2) is 4.98 Å². The topological polar surface area (TPSA) is 50.9 Å². The van der Waals surface area contributed by atoms with E-state index in [2.05, 4.69) is 10.1 Å². The number of hydrogen-bond acceptors (Lipinski definition) is 3. The molecule has 0 radical (unpaired) electrons. The second kappa shape index (κ2) is 6.37. The van der Waals surface area contributed by atoms with E-state index in [0.717, 1.165) is 17.9 Å². The Morgan fingerprint density at radius 2 is 1.95 bits per heavy atom. The van der Waals surface area contributed by atoms with Gasteiger partial charge in [0.1, 0.15) is 12.2 Å². The van der Waals surface area contributed by atoms with Crippen LogP contribution in [0.2, 0.25) is 10.0 Å². The minimum absolute atomic E-state index is 0.398. The maximum atomic E-state index is 10.1. The first-order valence-electron chi connectivity index (χ1n) is 6.09. The minimum atomic E-state index is -0.591. The smallest absolute Gasteiger partial charge is 0.138 e. The second-order valence-electron chi connectivity index (χ2n) is 4.25. The van der Waals surface area contributed by atoms with Crippen molar-refractivity contribution in [1.29, 1.82) is 0 Å². The van der Waals surface area contributed by atoms with Crippen LogP contribution < -0.4 is 0 Å². The monoisotopic (exact) mass is 299 g/mol. The largest absolute Gasteiger partial charge is 0.392 e. The third-order valence-corrected chi connectivity index (χ3v) is 3.62. The highest BCUT2D eigenvalue weighted by Gasteiger charge is 2.15. The molecule has 4 nitrogen and oxygen atoms in total. The molecular weight excluding hydrogens is 285 g/mol. The summed E-state index contributed by atoms with van der Waals surface area (Å²) in [5.41, 5.74) is 0.765. The van der Waals surface area contributed by atoms with Crippen molar-refractivity contribution in [1.82, 2.24) is 14.8 Å². The molecule has 0 aliphatic heterocycles. The first kappa shape index (κ1) is 14.3. The molecule has 0 aliphatic rings. The van der Waals surface area contributed by atoms with Crippen LogP contribution in [0.4, 0.5) is 0 Å². The minimum Gasteiger partial charge on any atom is -0.392 e. The van der Waals surface area contributed by atoms with Gasteiger partial charge in [0.25, 0.3) is 0 Å². The van der Waals surface area contributed by atoms with E-state index in [4.69, 9.17) is 23.2 Å². The van der Waals surface area contributed by atoms with Crippen LogP contribution in [-0.4, -0.2) is 26.0 Å². The van der Waals surface area contributed by atoms with Gasteiger partial charge in [0, 0.05) is 29.4 Å². The fourth-order valence-corrected chi connectivity index (χ4v) is 2.51. The van der Waals surface area contributed by atoms with Gasteiger partial charge >= 0.3 is 0 Å². The van der Waals surface area contributed by atoms with Crippen LogP contribution in [0, 0.1) is 0 Å². The average molecular weight is 300 g/mol. The predicted octanol–water partition coefficient (Wildman–Crippen LogP) is 2.75. The fraction of sp³-hybridized carbons (Fsp3) is 0.385. The molecule has 1 atom stereocenters. The summed E-state index contributed by atoms with van der Waals surface area (Å²) in [6.07, 6.45) is 1.73. The molecule has 0 saturated carbocycles. The number of aliphatic hydroxyl groups is 1. The third kappa shape index (κ3) is 3.47. The molecule has 2 rings (SSSR count). The van der Waals surface area contributed by atoms with Crippen molar-refractivity contribution >= 4 is 23.2 Å². The Kier molecular flexibility index (Phi) is 4.80. The summed E-state index contributed by atoms with van der Waals surface area (Å²) >= 11 is 12.2. The molecule has 19 heavy (non-hydrogen) atoms. The number of aliphatic hydroxyl groups excluding tert-OH is 1. The molecule has 0 spiro atoms. The standard InChI is InChI=1S/C13H15Cl2N3O/c1-2-18-13(16-8-17-18)7-9(19)6-10-11(14)4-3-5-12(10)15/h3-5,8-9,19H,2,6-7H2,1H3. The maximum absolute atomic E-state index is 10.1. The van der Waals surface area contributed by atoms with Gasteiger partial charge in [0.15, 0.2) is 0 Å². The van der Waals surface area contributed by atoms with E-state index >= 15 is 0 Å². The van der Waals surface area contributed by atoms with Crippen molar-refractivity contribution in [2.24, 2.45) is 0 Å². The van der Waals surface area contributed by atoms with Crippen molar-refractivity contribution in [2.75, 3.05) is 0 Å². The van der Waals surface area contributed by atoms with Crippen LogP contribution in [0.3, 0.4) is 0 Å². The zero-order valence-electron chi connectivity index (χ0n) is 10.6. The van der Waals surface area contributed by atoms with Crippen molar-refractivity contribution in [3.05, 3.63) is 46.0 Å². The number of rotatable bonds is 5. The average Bonchev–Trinajstić information content (AvgIpc) is 2.81. The lowest BCUT2D eigenvalue weighted by Gasteiger charge is -2.13. The zero-order chi connectivity index (χ0) is 13.8. The van der Waals surface area contributed by atoms with Gasteiger partial charge in [-0.15, -0.1) is 0 Å². The summed E-state index contributed by atoms with van der Waals surface area (Å²) in [5.74, 6) is 0.762. The van der Waals surface area contributed by atoms with E-state index < -0.39 is 6.10 Å². The lowest BCUT2D eigenvalue weighted by Crippen LogP contribution is -2.18. The summed E-state index contributed by atoms with van der Waals surface area (Å²) in [6, 6.07) is 5.32. The Balaban J connectivity index is 2.07. The Hall–Kier alpha value is -1.10. The molecular formula is C13H15Cl2N3O. The van der Waals surface area contributed by atoms with E-state index in [-0.39, 0.29) is 0 Å². The van der Waals surface area contributed by atoms with Gasteiger partial charge in [-0.3, -0.25) is 4.68 Å². The summed E-state index contributed by atoms with van der Waals surface area (Å²) in [6.45, 7) is 2.71. The molecule has 0 saturated heterocycles. The van der Waals surface area contributed by atoms with Gasteiger partial charge < -0.3 is 5.11 Å². The van der Waals surface area contributed by atoms with Gasteiger partial charge in [0.05, 0.1) is 6.10 Å². The summed E-state index contributed by atoms with van der Waals surface area (Å²) in [4.78, 5) is 4.14. The van der Waals surface area contributed by atoms with E-state index in [1.165, 1.54) is 6.33 Å². The normalized spacial score (nSPS) is 12.6. The van der Waals surface area contributed by atoms with Gasteiger partial charge in [-0.1, -0.05) is 29.3 Å².